The molecular formula is C13H10ClF3N2O3. The van der Waals surface area contributed by atoms with Crippen LogP contribution < -0.4 is 10.9 Å². The Morgan fingerprint density at radius 1 is 1.36 bits per heavy atom. The summed E-state index contributed by atoms with van der Waals surface area (Å²) in [5.41, 5.74) is -2.16. The molecule has 1 N–H and O–H groups in total. The minimum Gasteiger partial charge on any atom is -0.336 e. The van der Waals surface area contributed by atoms with Crippen LogP contribution in [-0.2, 0) is 13.2 Å². The highest BCUT2D eigenvalue weighted by Gasteiger charge is 2.31. The summed E-state index contributed by atoms with van der Waals surface area (Å²) in [6.45, 7) is 1.47. The number of halogens is 4. The lowest BCUT2D eigenvalue weighted by Crippen LogP contribution is -2.20. The van der Waals surface area contributed by atoms with E-state index >= 15 is 0 Å². The molecule has 0 radical (unpaired) electrons. The molecule has 1 aromatic carbocycles. The van der Waals surface area contributed by atoms with E-state index in [4.69, 9.17) is 16.1 Å². The molecule has 1 amide bonds. The first kappa shape index (κ1) is 16.2. The normalized spacial score (nSPS) is 11.5. The highest BCUT2D eigenvalue weighted by atomic mass is 35.5. The Balaban J connectivity index is 2.38. The lowest BCUT2D eigenvalue weighted by molar-refractivity contribution is -0.137. The molecule has 0 bridgehead atoms. The van der Waals surface area contributed by atoms with Gasteiger partial charge in [0.1, 0.15) is 5.56 Å². The minimum absolute atomic E-state index is 0.0840. The molecule has 9 heteroatoms. The van der Waals surface area contributed by atoms with Gasteiger partial charge >= 0.3 is 11.8 Å². The Hall–Kier alpha value is -2.22. The number of aryl methyl sites for hydroxylation is 1. The van der Waals surface area contributed by atoms with E-state index in [2.05, 4.69) is 5.32 Å². The number of carbonyl (C=O) groups is 1. The van der Waals surface area contributed by atoms with E-state index in [1.165, 1.54) is 14.0 Å². The van der Waals surface area contributed by atoms with Gasteiger partial charge in [-0.25, -0.2) is 9.53 Å². The maximum Gasteiger partial charge on any atom is 0.416 e. The first-order valence-electron chi connectivity index (χ1n) is 5.96. The van der Waals surface area contributed by atoms with Crippen molar-refractivity contribution in [3.05, 3.63) is 50.5 Å². The molecule has 2 rings (SSSR count). The van der Waals surface area contributed by atoms with E-state index in [0.717, 1.165) is 16.9 Å². The summed E-state index contributed by atoms with van der Waals surface area (Å²) in [6, 6.07) is 2.50. The van der Waals surface area contributed by atoms with Gasteiger partial charge in [0, 0.05) is 7.05 Å². The van der Waals surface area contributed by atoms with Crippen LogP contribution >= 0.6 is 11.6 Å². The Morgan fingerprint density at radius 3 is 2.50 bits per heavy atom. The average Bonchev–Trinajstić information content (AvgIpc) is 2.64. The first-order chi connectivity index (χ1) is 10.1. The third-order valence-electron chi connectivity index (χ3n) is 3.03. The molecule has 118 valence electrons. The minimum atomic E-state index is -4.58. The van der Waals surface area contributed by atoms with Crippen LogP contribution in [0.25, 0.3) is 0 Å². The van der Waals surface area contributed by atoms with Crippen molar-refractivity contribution in [3.8, 4) is 0 Å². The number of rotatable bonds is 2. The van der Waals surface area contributed by atoms with E-state index in [1.54, 1.807) is 0 Å². The number of nitrogens with one attached hydrogen (secondary N) is 1. The Kier molecular flexibility index (Phi) is 4.06. The number of benzene rings is 1. The van der Waals surface area contributed by atoms with Crippen LogP contribution in [0.4, 0.5) is 18.9 Å². The van der Waals surface area contributed by atoms with Crippen molar-refractivity contribution < 1.29 is 22.5 Å². The molecule has 0 aliphatic carbocycles. The van der Waals surface area contributed by atoms with E-state index in [-0.39, 0.29) is 22.0 Å². The number of hydrogen-bond donors (Lipinski definition) is 1. The van der Waals surface area contributed by atoms with Gasteiger partial charge in [-0.1, -0.05) is 11.6 Å². The third kappa shape index (κ3) is 3.01. The second-order valence-corrected chi connectivity index (χ2v) is 4.89. The Labute approximate surface area is 127 Å². The smallest absolute Gasteiger partial charge is 0.336 e. The summed E-state index contributed by atoms with van der Waals surface area (Å²) in [7, 11) is 1.42. The number of carbonyl (C=O) groups excluding carboxylic acids is 1. The zero-order valence-electron chi connectivity index (χ0n) is 11.4. The molecule has 0 aliphatic rings. The van der Waals surface area contributed by atoms with Crippen LogP contribution in [0.15, 0.2) is 27.5 Å². The van der Waals surface area contributed by atoms with Crippen LogP contribution in [0.3, 0.4) is 0 Å². The van der Waals surface area contributed by atoms with Crippen molar-refractivity contribution in [1.29, 1.82) is 0 Å². The van der Waals surface area contributed by atoms with Crippen molar-refractivity contribution in [2.24, 2.45) is 7.05 Å². The van der Waals surface area contributed by atoms with Gasteiger partial charge in [0.15, 0.2) is 0 Å². The second kappa shape index (κ2) is 5.53. The molecular weight excluding hydrogens is 325 g/mol. The lowest BCUT2D eigenvalue weighted by atomic mass is 10.1. The van der Waals surface area contributed by atoms with E-state index < -0.39 is 23.3 Å². The molecule has 0 fully saturated rings. The van der Waals surface area contributed by atoms with E-state index in [1.807, 2.05) is 0 Å². The molecule has 0 aliphatic heterocycles. The number of aromatic nitrogens is 1. The summed E-state index contributed by atoms with van der Waals surface area (Å²) in [5, 5.41) is 2.11. The standard InChI is InChI=1S/C13H10ClF3N2O3/c1-6-10(12(21)22-19(6)2)11(20)18-9-5-7(13(15,16)17)3-4-8(9)14/h3-5H,1-2H3,(H,18,20). The van der Waals surface area contributed by atoms with Gasteiger partial charge in [0.2, 0.25) is 0 Å². The number of hydrogen-bond acceptors (Lipinski definition) is 3. The van der Waals surface area contributed by atoms with Crippen molar-refractivity contribution in [2.75, 3.05) is 5.32 Å². The van der Waals surface area contributed by atoms with E-state index in [9.17, 15) is 22.8 Å². The molecule has 1 aromatic heterocycles. The highest BCUT2D eigenvalue weighted by Crippen LogP contribution is 2.33. The fourth-order valence-corrected chi connectivity index (χ4v) is 1.95. The molecule has 0 unspecified atom stereocenters. The van der Waals surface area contributed by atoms with Crippen LogP contribution in [0, 0.1) is 6.92 Å². The SMILES string of the molecule is Cc1c(C(=O)Nc2cc(C(F)(F)F)ccc2Cl)c(=O)on1C. The van der Waals surface area contributed by atoms with Gasteiger partial charge < -0.3 is 9.84 Å². The molecule has 2 aromatic rings. The average molecular weight is 335 g/mol. The molecule has 5 nitrogen and oxygen atoms in total. The molecule has 0 saturated heterocycles. The molecule has 1 heterocycles. The quantitative estimate of drug-likeness (QED) is 0.917. The monoisotopic (exact) mass is 334 g/mol. The predicted octanol–water partition coefficient (Wildman–Crippen LogP) is 3.21. The summed E-state index contributed by atoms with van der Waals surface area (Å²) >= 11 is 5.77. The fourth-order valence-electron chi connectivity index (χ4n) is 1.78. The predicted molar refractivity (Wildman–Crippen MR) is 73.1 cm³/mol. The van der Waals surface area contributed by atoms with Crippen molar-refractivity contribution >= 4 is 23.2 Å². The topological polar surface area (TPSA) is 64.2 Å². The second-order valence-electron chi connectivity index (χ2n) is 4.48. The fraction of sp³-hybridized carbons (Fsp3) is 0.231. The van der Waals surface area contributed by atoms with E-state index in [0.29, 0.717) is 6.07 Å². The van der Waals surface area contributed by atoms with Gasteiger partial charge in [-0.15, -0.1) is 0 Å². The van der Waals surface area contributed by atoms with Crippen molar-refractivity contribution in [3.63, 3.8) is 0 Å². The van der Waals surface area contributed by atoms with Gasteiger partial charge in [-0.05, 0) is 25.1 Å². The summed E-state index contributed by atoms with van der Waals surface area (Å²) in [6.07, 6.45) is -4.58. The summed E-state index contributed by atoms with van der Waals surface area (Å²) in [5.74, 6) is -0.895. The van der Waals surface area contributed by atoms with Crippen LogP contribution in [0.5, 0.6) is 0 Å². The molecule has 0 saturated carbocycles. The zero-order chi connectivity index (χ0) is 16.7. The molecule has 0 spiro atoms. The lowest BCUT2D eigenvalue weighted by Gasteiger charge is -2.11. The number of alkyl halides is 3. The number of anilines is 1. The zero-order valence-corrected chi connectivity index (χ0v) is 12.2. The largest absolute Gasteiger partial charge is 0.416 e. The van der Waals surface area contributed by atoms with Gasteiger partial charge in [0.05, 0.1) is 22.0 Å². The van der Waals surface area contributed by atoms with Crippen LogP contribution in [-0.4, -0.2) is 10.6 Å². The Morgan fingerprint density at radius 2 is 2.00 bits per heavy atom. The summed E-state index contributed by atoms with van der Waals surface area (Å²) in [4.78, 5) is 23.6. The Bertz CT molecular complexity index is 793. The van der Waals surface area contributed by atoms with Gasteiger partial charge in [0.25, 0.3) is 5.91 Å². The first-order valence-corrected chi connectivity index (χ1v) is 6.34. The van der Waals surface area contributed by atoms with Crippen LogP contribution in [0.2, 0.25) is 5.02 Å². The van der Waals surface area contributed by atoms with Gasteiger partial charge in [-0.3, -0.25) is 4.79 Å². The van der Waals surface area contributed by atoms with Crippen molar-refractivity contribution in [1.82, 2.24) is 4.74 Å². The third-order valence-corrected chi connectivity index (χ3v) is 3.36. The number of amides is 1. The van der Waals surface area contributed by atoms with Crippen LogP contribution in [0.1, 0.15) is 21.6 Å². The number of nitrogens with zero attached hydrogens (tertiary/aromatic N) is 1. The highest BCUT2D eigenvalue weighted by molar-refractivity contribution is 6.34. The maximum absolute atomic E-state index is 12.7. The van der Waals surface area contributed by atoms with Crippen molar-refractivity contribution in [2.45, 2.75) is 13.1 Å². The summed E-state index contributed by atoms with van der Waals surface area (Å²) < 4.78 is 43.8. The maximum atomic E-state index is 12.7. The molecule has 0 atom stereocenters. The van der Waals surface area contributed by atoms with Gasteiger partial charge in [-0.2, -0.15) is 13.2 Å². The molecule has 22 heavy (non-hydrogen) atoms.